The first-order valence-electron chi connectivity index (χ1n) is 6.21. The van der Waals surface area contributed by atoms with Gasteiger partial charge in [0.05, 0.1) is 0 Å². The summed E-state index contributed by atoms with van der Waals surface area (Å²) in [6.45, 7) is 2.52. The van der Waals surface area contributed by atoms with Crippen LogP contribution in [-0.2, 0) is 9.53 Å². The topological polar surface area (TPSA) is 49.8 Å². The van der Waals surface area contributed by atoms with Crippen LogP contribution in [0.3, 0.4) is 0 Å². The molecule has 0 aromatic carbocycles. The van der Waals surface area contributed by atoms with Crippen LogP contribution in [0.5, 0.6) is 0 Å². The van der Waals surface area contributed by atoms with Crippen LogP contribution in [-0.4, -0.2) is 48.8 Å². The molecule has 0 bridgehead atoms. The third kappa shape index (κ3) is 4.49. The molecule has 1 N–H and O–H groups in total. The van der Waals surface area contributed by atoms with E-state index in [2.05, 4.69) is 4.90 Å². The highest BCUT2D eigenvalue weighted by molar-refractivity contribution is 5.73. The Balaban J connectivity index is 2.43. The first-order chi connectivity index (χ1) is 7.75. The largest absolute Gasteiger partial charge is 0.480 e. The summed E-state index contributed by atoms with van der Waals surface area (Å²) < 4.78 is 4.97. The molecule has 0 radical (unpaired) electrons. The zero-order chi connectivity index (χ0) is 11.8. The first-order valence-corrected chi connectivity index (χ1v) is 6.21. The SMILES string of the molecule is COCCCC(C(=O)O)N1CCCCCC1. The van der Waals surface area contributed by atoms with E-state index in [0.717, 1.165) is 32.4 Å². The maximum atomic E-state index is 11.2. The molecule has 0 spiro atoms. The van der Waals surface area contributed by atoms with E-state index in [4.69, 9.17) is 4.74 Å². The number of methoxy groups -OCH3 is 1. The molecule has 0 aliphatic carbocycles. The Morgan fingerprint density at radius 3 is 2.44 bits per heavy atom. The summed E-state index contributed by atoms with van der Waals surface area (Å²) in [6, 6.07) is -0.312. The minimum atomic E-state index is -0.682. The highest BCUT2D eigenvalue weighted by Gasteiger charge is 2.25. The molecule has 1 heterocycles. The quantitative estimate of drug-likeness (QED) is 0.705. The van der Waals surface area contributed by atoms with Gasteiger partial charge in [-0.2, -0.15) is 0 Å². The number of carboxylic acids is 1. The average molecular weight is 229 g/mol. The van der Waals surface area contributed by atoms with E-state index in [1.807, 2.05) is 0 Å². The Bertz CT molecular complexity index is 200. The van der Waals surface area contributed by atoms with Gasteiger partial charge in [-0.1, -0.05) is 12.8 Å². The molecular formula is C12H23NO3. The molecule has 1 rings (SSSR count). The average Bonchev–Trinajstić information content (AvgIpc) is 2.52. The maximum Gasteiger partial charge on any atom is 0.320 e. The minimum Gasteiger partial charge on any atom is -0.480 e. The number of hydrogen-bond donors (Lipinski definition) is 1. The zero-order valence-electron chi connectivity index (χ0n) is 10.2. The van der Waals surface area contributed by atoms with Gasteiger partial charge in [-0.3, -0.25) is 9.69 Å². The van der Waals surface area contributed by atoms with Crippen LogP contribution in [0.25, 0.3) is 0 Å². The van der Waals surface area contributed by atoms with Crippen LogP contribution in [0.15, 0.2) is 0 Å². The Kier molecular flexibility index (Phi) is 6.42. The molecule has 1 atom stereocenters. The lowest BCUT2D eigenvalue weighted by Gasteiger charge is -2.27. The molecule has 94 valence electrons. The van der Waals surface area contributed by atoms with Crippen molar-refractivity contribution in [3.8, 4) is 0 Å². The lowest BCUT2D eigenvalue weighted by molar-refractivity contribution is -0.143. The van der Waals surface area contributed by atoms with Crippen LogP contribution >= 0.6 is 0 Å². The molecule has 0 aromatic rings. The molecule has 0 amide bonds. The fourth-order valence-corrected chi connectivity index (χ4v) is 2.29. The number of hydrogen-bond acceptors (Lipinski definition) is 3. The number of carboxylic acid groups (broad SMARTS) is 1. The van der Waals surface area contributed by atoms with Gasteiger partial charge in [0.1, 0.15) is 6.04 Å². The van der Waals surface area contributed by atoms with E-state index < -0.39 is 5.97 Å². The van der Waals surface area contributed by atoms with Crippen molar-refractivity contribution in [3.05, 3.63) is 0 Å². The van der Waals surface area contributed by atoms with E-state index in [-0.39, 0.29) is 6.04 Å². The van der Waals surface area contributed by atoms with E-state index in [0.29, 0.717) is 13.0 Å². The smallest absolute Gasteiger partial charge is 0.320 e. The van der Waals surface area contributed by atoms with Crippen LogP contribution in [0.1, 0.15) is 38.5 Å². The molecule has 4 nitrogen and oxygen atoms in total. The summed E-state index contributed by atoms with van der Waals surface area (Å²) in [5.41, 5.74) is 0. The Labute approximate surface area is 97.6 Å². The second-order valence-corrected chi connectivity index (χ2v) is 4.44. The van der Waals surface area contributed by atoms with Gasteiger partial charge in [0.2, 0.25) is 0 Å². The van der Waals surface area contributed by atoms with Crippen molar-refractivity contribution >= 4 is 5.97 Å². The summed E-state index contributed by atoms with van der Waals surface area (Å²) in [5.74, 6) is -0.682. The first kappa shape index (κ1) is 13.5. The van der Waals surface area contributed by atoms with E-state index in [9.17, 15) is 9.90 Å². The van der Waals surface area contributed by atoms with Crippen molar-refractivity contribution in [2.24, 2.45) is 0 Å². The van der Waals surface area contributed by atoms with Crippen molar-refractivity contribution in [2.45, 2.75) is 44.6 Å². The Morgan fingerprint density at radius 2 is 1.94 bits per heavy atom. The number of rotatable bonds is 6. The molecule has 1 unspecified atom stereocenters. The van der Waals surface area contributed by atoms with Crippen LogP contribution in [0.2, 0.25) is 0 Å². The van der Waals surface area contributed by atoms with Crippen molar-refractivity contribution in [2.75, 3.05) is 26.8 Å². The third-order valence-corrected chi connectivity index (χ3v) is 3.19. The monoisotopic (exact) mass is 229 g/mol. The fraction of sp³-hybridized carbons (Fsp3) is 0.917. The number of nitrogens with zero attached hydrogens (tertiary/aromatic N) is 1. The molecule has 0 saturated carbocycles. The van der Waals surface area contributed by atoms with Crippen LogP contribution < -0.4 is 0 Å². The normalized spacial score (nSPS) is 20.3. The molecule has 1 fully saturated rings. The lowest BCUT2D eigenvalue weighted by Crippen LogP contribution is -2.41. The van der Waals surface area contributed by atoms with Crippen LogP contribution in [0.4, 0.5) is 0 Å². The molecular weight excluding hydrogens is 206 g/mol. The summed E-state index contributed by atoms with van der Waals surface area (Å²) in [4.78, 5) is 13.4. The highest BCUT2D eigenvalue weighted by atomic mass is 16.5. The number of ether oxygens (including phenoxy) is 1. The Hall–Kier alpha value is -0.610. The predicted molar refractivity (Wildman–Crippen MR) is 62.6 cm³/mol. The molecule has 1 aliphatic rings. The van der Waals surface area contributed by atoms with Gasteiger partial charge >= 0.3 is 5.97 Å². The third-order valence-electron chi connectivity index (χ3n) is 3.19. The standard InChI is InChI=1S/C12H23NO3/c1-16-10-6-7-11(12(14)15)13-8-4-2-3-5-9-13/h11H,2-10H2,1H3,(H,14,15). The molecule has 1 aliphatic heterocycles. The summed E-state index contributed by atoms with van der Waals surface area (Å²) in [5, 5.41) is 9.23. The molecule has 4 heteroatoms. The number of aliphatic carboxylic acids is 1. The van der Waals surface area contributed by atoms with Crippen molar-refractivity contribution in [1.29, 1.82) is 0 Å². The molecule has 16 heavy (non-hydrogen) atoms. The second-order valence-electron chi connectivity index (χ2n) is 4.44. The molecule has 0 aromatic heterocycles. The van der Waals surface area contributed by atoms with Crippen LogP contribution in [0, 0.1) is 0 Å². The van der Waals surface area contributed by atoms with Gasteiger partial charge in [0, 0.05) is 13.7 Å². The van der Waals surface area contributed by atoms with Gasteiger partial charge in [0.25, 0.3) is 0 Å². The zero-order valence-corrected chi connectivity index (χ0v) is 10.2. The summed E-state index contributed by atoms with van der Waals surface area (Å²) in [7, 11) is 1.65. The number of likely N-dealkylation sites (tertiary alicyclic amines) is 1. The molecule has 1 saturated heterocycles. The Morgan fingerprint density at radius 1 is 1.31 bits per heavy atom. The lowest BCUT2D eigenvalue weighted by atomic mass is 10.1. The highest BCUT2D eigenvalue weighted by Crippen LogP contribution is 2.15. The number of carbonyl (C=O) groups is 1. The summed E-state index contributed by atoms with van der Waals surface area (Å²) >= 11 is 0. The fourth-order valence-electron chi connectivity index (χ4n) is 2.29. The van der Waals surface area contributed by atoms with Crippen molar-refractivity contribution < 1.29 is 14.6 Å². The summed E-state index contributed by atoms with van der Waals surface area (Å²) in [6.07, 6.45) is 6.26. The van der Waals surface area contributed by atoms with Gasteiger partial charge in [-0.15, -0.1) is 0 Å². The second kappa shape index (κ2) is 7.63. The maximum absolute atomic E-state index is 11.2. The van der Waals surface area contributed by atoms with Crippen molar-refractivity contribution in [1.82, 2.24) is 4.90 Å². The van der Waals surface area contributed by atoms with Gasteiger partial charge < -0.3 is 9.84 Å². The predicted octanol–water partition coefficient (Wildman–Crippen LogP) is 1.74. The van der Waals surface area contributed by atoms with Gasteiger partial charge in [-0.25, -0.2) is 0 Å². The van der Waals surface area contributed by atoms with E-state index in [1.165, 1.54) is 12.8 Å². The van der Waals surface area contributed by atoms with E-state index in [1.54, 1.807) is 7.11 Å². The minimum absolute atomic E-state index is 0.312. The van der Waals surface area contributed by atoms with Gasteiger partial charge in [0.15, 0.2) is 0 Å². The van der Waals surface area contributed by atoms with E-state index >= 15 is 0 Å². The van der Waals surface area contributed by atoms with Gasteiger partial charge in [-0.05, 0) is 38.8 Å². The van der Waals surface area contributed by atoms with Crippen molar-refractivity contribution in [3.63, 3.8) is 0 Å².